The van der Waals surface area contributed by atoms with Crippen LogP contribution >= 0.6 is 0 Å². The molecule has 0 aliphatic rings. The fraction of sp³-hybridized carbons (Fsp3) is 0.800. The molecule has 0 spiro atoms. The van der Waals surface area contributed by atoms with Gasteiger partial charge in [0.15, 0.2) is 0 Å². The number of carbonyl (C=O) groups is 3. The van der Waals surface area contributed by atoms with Crippen LogP contribution in [0.4, 0.5) is 0 Å². The van der Waals surface area contributed by atoms with E-state index in [0.29, 0.717) is 19.3 Å². The van der Waals surface area contributed by atoms with Crippen molar-refractivity contribution < 1.29 is 23.9 Å². The molecular weight excluding hydrogens is 260 g/mol. The molecule has 0 fully saturated rings. The summed E-state index contributed by atoms with van der Waals surface area (Å²) in [6.45, 7) is 3.45. The van der Waals surface area contributed by atoms with Crippen LogP contribution in [-0.2, 0) is 23.9 Å². The highest BCUT2D eigenvalue weighted by Crippen LogP contribution is 2.26. The van der Waals surface area contributed by atoms with Gasteiger partial charge in [-0.1, -0.05) is 19.8 Å². The number of hydrogen-bond acceptors (Lipinski definition) is 5. The summed E-state index contributed by atoms with van der Waals surface area (Å²) in [7, 11) is 2.68. The van der Waals surface area contributed by atoms with E-state index in [4.69, 9.17) is 4.74 Å². The predicted molar refractivity (Wildman–Crippen MR) is 75.1 cm³/mol. The second-order valence-electron chi connectivity index (χ2n) is 5.09. The number of carbonyl (C=O) groups excluding carboxylic acids is 3. The average Bonchev–Trinajstić information content (AvgIpc) is 2.48. The molecule has 20 heavy (non-hydrogen) atoms. The van der Waals surface area contributed by atoms with Crippen molar-refractivity contribution in [3.05, 3.63) is 0 Å². The van der Waals surface area contributed by atoms with E-state index >= 15 is 0 Å². The number of methoxy groups -OCH3 is 2. The van der Waals surface area contributed by atoms with Crippen LogP contribution in [0.3, 0.4) is 0 Å². The van der Waals surface area contributed by atoms with Crippen LogP contribution in [0, 0.1) is 5.41 Å². The normalized spacial score (nSPS) is 13.4. The maximum Gasteiger partial charge on any atom is 0.319 e. The first-order valence-corrected chi connectivity index (χ1v) is 7.10. The molecule has 0 amide bonds. The van der Waals surface area contributed by atoms with E-state index in [2.05, 4.69) is 4.74 Å². The van der Waals surface area contributed by atoms with Crippen molar-refractivity contribution in [2.45, 2.75) is 58.8 Å². The molecule has 0 aliphatic carbocycles. The van der Waals surface area contributed by atoms with E-state index in [1.807, 2.05) is 6.92 Å². The highest BCUT2D eigenvalue weighted by Gasteiger charge is 2.39. The van der Waals surface area contributed by atoms with Gasteiger partial charge in [-0.05, 0) is 26.2 Å². The van der Waals surface area contributed by atoms with Gasteiger partial charge in [0, 0.05) is 12.8 Å². The Morgan fingerprint density at radius 3 is 1.90 bits per heavy atom. The van der Waals surface area contributed by atoms with E-state index in [0.717, 1.165) is 25.7 Å². The van der Waals surface area contributed by atoms with E-state index in [1.165, 1.54) is 14.2 Å². The molecule has 0 aromatic rings. The smallest absolute Gasteiger partial charge is 0.319 e. The summed E-state index contributed by atoms with van der Waals surface area (Å²) in [5.74, 6) is -0.735. The summed E-state index contributed by atoms with van der Waals surface area (Å²) in [4.78, 5) is 34.7. The molecule has 1 atom stereocenters. The Bertz CT molecular complexity index is 337. The van der Waals surface area contributed by atoms with E-state index in [-0.39, 0.29) is 11.8 Å². The van der Waals surface area contributed by atoms with Crippen LogP contribution in [0.25, 0.3) is 0 Å². The number of hydrogen-bond donors (Lipinski definition) is 0. The molecule has 0 radical (unpaired) electrons. The Kier molecular flexibility index (Phi) is 8.84. The second kappa shape index (κ2) is 9.50. The molecule has 5 nitrogen and oxygen atoms in total. The summed E-state index contributed by atoms with van der Waals surface area (Å²) >= 11 is 0. The maximum absolute atomic E-state index is 12.1. The van der Waals surface area contributed by atoms with E-state index in [9.17, 15) is 14.4 Å². The third-order valence-corrected chi connectivity index (χ3v) is 3.72. The minimum absolute atomic E-state index is 0.0696. The second-order valence-corrected chi connectivity index (χ2v) is 5.09. The standard InChI is InChI=1S/C15H26O5/c1-5-15(2,14(18)20-4)12(16)10-8-6-7-9-11-13(17)19-3/h5-11H2,1-4H3. The van der Waals surface area contributed by atoms with Crippen LogP contribution in [0.15, 0.2) is 0 Å². The van der Waals surface area contributed by atoms with Gasteiger partial charge in [0.2, 0.25) is 0 Å². The first-order chi connectivity index (χ1) is 9.42. The van der Waals surface area contributed by atoms with Gasteiger partial charge in [0.25, 0.3) is 0 Å². The van der Waals surface area contributed by atoms with Crippen LogP contribution in [0.1, 0.15) is 58.8 Å². The molecule has 0 aromatic heterocycles. The number of ether oxygens (including phenoxy) is 2. The number of ketones is 1. The molecule has 0 aliphatic heterocycles. The summed E-state index contributed by atoms with van der Waals surface area (Å²) in [6.07, 6.45) is 4.47. The molecule has 0 bridgehead atoms. The monoisotopic (exact) mass is 286 g/mol. The summed E-state index contributed by atoms with van der Waals surface area (Å²) in [6, 6.07) is 0. The lowest BCUT2D eigenvalue weighted by molar-refractivity contribution is -0.157. The van der Waals surface area contributed by atoms with Crippen molar-refractivity contribution in [2.24, 2.45) is 5.41 Å². The molecule has 1 unspecified atom stereocenters. The third-order valence-electron chi connectivity index (χ3n) is 3.72. The zero-order chi connectivity index (χ0) is 15.6. The molecule has 0 saturated heterocycles. The van der Waals surface area contributed by atoms with Crippen LogP contribution in [0.2, 0.25) is 0 Å². The van der Waals surface area contributed by atoms with Gasteiger partial charge in [-0.3, -0.25) is 14.4 Å². The minimum Gasteiger partial charge on any atom is -0.469 e. The molecule has 0 saturated carbocycles. The first-order valence-electron chi connectivity index (χ1n) is 7.10. The van der Waals surface area contributed by atoms with Gasteiger partial charge in [0.05, 0.1) is 14.2 Å². The van der Waals surface area contributed by atoms with Crippen LogP contribution in [0.5, 0.6) is 0 Å². The summed E-state index contributed by atoms with van der Waals surface area (Å²) in [5.41, 5.74) is -1.03. The Morgan fingerprint density at radius 2 is 1.45 bits per heavy atom. The predicted octanol–water partition coefficient (Wildman–Crippen LogP) is 2.66. The molecule has 0 N–H and O–H groups in total. The quantitative estimate of drug-likeness (QED) is 0.351. The Hall–Kier alpha value is -1.39. The van der Waals surface area contributed by atoms with E-state index in [1.54, 1.807) is 6.92 Å². The number of rotatable bonds is 10. The SMILES string of the molecule is CCC(C)(C(=O)CCCCCCC(=O)OC)C(=O)OC. The Morgan fingerprint density at radius 1 is 0.900 bits per heavy atom. The maximum atomic E-state index is 12.1. The lowest BCUT2D eigenvalue weighted by Gasteiger charge is -2.23. The lowest BCUT2D eigenvalue weighted by atomic mass is 9.81. The summed E-state index contributed by atoms with van der Waals surface area (Å²) in [5, 5.41) is 0. The fourth-order valence-electron chi connectivity index (χ4n) is 1.97. The van der Waals surface area contributed by atoms with Gasteiger partial charge < -0.3 is 9.47 Å². The van der Waals surface area contributed by atoms with Gasteiger partial charge >= 0.3 is 11.9 Å². The largest absolute Gasteiger partial charge is 0.469 e. The molecule has 0 heterocycles. The van der Waals surface area contributed by atoms with Crippen molar-refractivity contribution in [2.75, 3.05) is 14.2 Å². The van der Waals surface area contributed by atoms with Crippen molar-refractivity contribution in [1.29, 1.82) is 0 Å². The zero-order valence-electron chi connectivity index (χ0n) is 13.0. The molecule has 0 rings (SSSR count). The highest BCUT2D eigenvalue weighted by molar-refractivity contribution is 6.03. The third kappa shape index (κ3) is 5.72. The number of Topliss-reactive ketones (excluding diaryl/α,β-unsaturated/α-hetero) is 1. The molecule has 0 aromatic carbocycles. The Labute approximate surface area is 121 Å². The number of esters is 2. The molecule has 116 valence electrons. The topological polar surface area (TPSA) is 69.7 Å². The van der Waals surface area contributed by atoms with Crippen LogP contribution in [-0.4, -0.2) is 31.9 Å². The van der Waals surface area contributed by atoms with Gasteiger partial charge in [-0.15, -0.1) is 0 Å². The average molecular weight is 286 g/mol. The van der Waals surface area contributed by atoms with Crippen molar-refractivity contribution in [3.63, 3.8) is 0 Å². The van der Waals surface area contributed by atoms with Gasteiger partial charge in [-0.2, -0.15) is 0 Å². The zero-order valence-corrected chi connectivity index (χ0v) is 13.0. The molecular formula is C15H26O5. The first kappa shape index (κ1) is 18.6. The number of unbranched alkanes of at least 4 members (excludes halogenated alkanes) is 3. The van der Waals surface area contributed by atoms with Crippen LogP contribution < -0.4 is 0 Å². The summed E-state index contributed by atoms with van der Waals surface area (Å²) < 4.78 is 9.25. The van der Waals surface area contributed by atoms with Gasteiger partial charge in [-0.25, -0.2) is 0 Å². The van der Waals surface area contributed by atoms with Crippen molar-refractivity contribution >= 4 is 17.7 Å². The molecule has 5 heteroatoms. The Balaban J connectivity index is 3.98. The minimum atomic E-state index is -1.03. The lowest BCUT2D eigenvalue weighted by Crippen LogP contribution is -2.36. The highest BCUT2D eigenvalue weighted by atomic mass is 16.5. The fourth-order valence-corrected chi connectivity index (χ4v) is 1.97. The van der Waals surface area contributed by atoms with E-state index < -0.39 is 11.4 Å². The van der Waals surface area contributed by atoms with Crippen molar-refractivity contribution in [3.8, 4) is 0 Å². The van der Waals surface area contributed by atoms with Gasteiger partial charge in [0.1, 0.15) is 11.2 Å². The van der Waals surface area contributed by atoms with Crippen molar-refractivity contribution in [1.82, 2.24) is 0 Å².